The summed E-state index contributed by atoms with van der Waals surface area (Å²) in [5, 5.41) is 10.5. The van der Waals surface area contributed by atoms with Gasteiger partial charge in [0.05, 0.1) is 12.6 Å². The number of aliphatic hydroxyl groups excluding tert-OH is 1. The van der Waals surface area contributed by atoms with E-state index < -0.39 is 18.8 Å². The second-order valence-electron chi connectivity index (χ2n) is 4.75. The molecule has 0 aliphatic carbocycles. The van der Waals surface area contributed by atoms with E-state index in [9.17, 15) is 18.3 Å². The molecule has 0 saturated carbocycles. The molecule has 0 aliphatic rings. The quantitative estimate of drug-likeness (QED) is 0.822. The second kappa shape index (κ2) is 7.86. The molecular formula is C14H19ClF3NO. The molecule has 1 N–H and O–H groups in total. The van der Waals surface area contributed by atoms with Crippen molar-refractivity contribution in [2.24, 2.45) is 0 Å². The van der Waals surface area contributed by atoms with Gasteiger partial charge in [0.15, 0.2) is 0 Å². The topological polar surface area (TPSA) is 23.5 Å². The molecule has 1 aromatic carbocycles. The van der Waals surface area contributed by atoms with Crippen LogP contribution < -0.4 is 0 Å². The van der Waals surface area contributed by atoms with Gasteiger partial charge >= 0.3 is 6.18 Å². The van der Waals surface area contributed by atoms with E-state index in [0.717, 1.165) is 0 Å². The normalized spacial score (nSPS) is 13.8. The van der Waals surface area contributed by atoms with Crippen LogP contribution in [0.3, 0.4) is 0 Å². The number of hydrogen-bond acceptors (Lipinski definition) is 2. The average Bonchev–Trinajstić information content (AvgIpc) is 2.35. The number of alkyl halides is 3. The van der Waals surface area contributed by atoms with Gasteiger partial charge in [-0.2, -0.15) is 13.2 Å². The molecule has 0 aromatic heterocycles. The summed E-state index contributed by atoms with van der Waals surface area (Å²) >= 11 is 5.74. The van der Waals surface area contributed by atoms with Crippen LogP contribution in [0.5, 0.6) is 0 Å². The Balaban J connectivity index is 2.51. The Morgan fingerprint density at radius 3 is 2.30 bits per heavy atom. The minimum Gasteiger partial charge on any atom is -0.388 e. The highest BCUT2D eigenvalue weighted by atomic mass is 35.5. The van der Waals surface area contributed by atoms with Crippen LogP contribution >= 0.6 is 11.6 Å². The van der Waals surface area contributed by atoms with Gasteiger partial charge in [-0.1, -0.05) is 30.7 Å². The van der Waals surface area contributed by atoms with Crippen LogP contribution in [0.2, 0.25) is 5.02 Å². The van der Waals surface area contributed by atoms with Crippen LogP contribution in [-0.2, 0) is 0 Å². The Morgan fingerprint density at radius 1 is 1.20 bits per heavy atom. The second-order valence-corrected chi connectivity index (χ2v) is 5.18. The van der Waals surface area contributed by atoms with E-state index in [2.05, 4.69) is 0 Å². The fraction of sp³-hybridized carbons (Fsp3) is 0.571. The van der Waals surface area contributed by atoms with Gasteiger partial charge in [0, 0.05) is 11.6 Å². The highest BCUT2D eigenvalue weighted by Gasteiger charge is 2.30. The predicted molar refractivity (Wildman–Crippen MR) is 73.8 cm³/mol. The van der Waals surface area contributed by atoms with E-state index in [1.807, 2.05) is 6.92 Å². The standard InChI is InChI=1S/C14H19ClF3NO/c1-2-8-19(10-14(16,17)18)9-7-13(20)11-3-5-12(15)6-4-11/h3-6,13,20H,2,7-10H2,1H3. The SMILES string of the molecule is CCCN(CCC(O)c1ccc(Cl)cc1)CC(F)(F)F. The zero-order valence-corrected chi connectivity index (χ0v) is 12.1. The minimum absolute atomic E-state index is 0.205. The van der Waals surface area contributed by atoms with Crippen molar-refractivity contribution >= 4 is 11.6 Å². The van der Waals surface area contributed by atoms with Gasteiger partial charge in [-0.25, -0.2) is 0 Å². The zero-order valence-electron chi connectivity index (χ0n) is 11.3. The Hall–Kier alpha value is -0.780. The first kappa shape index (κ1) is 17.3. The molecule has 20 heavy (non-hydrogen) atoms. The molecule has 0 spiro atoms. The lowest BCUT2D eigenvalue weighted by Crippen LogP contribution is -2.36. The Morgan fingerprint density at radius 2 is 1.80 bits per heavy atom. The number of benzene rings is 1. The van der Waals surface area contributed by atoms with Crippen molar-refractivity contribution in [3.8, 4) is 0 Å². The predicted octanol–water partition coefficient (Wildman–Crippen LogP) is 4.04. The number of hydrogen-bond donors (Lipinski definition) is 1. The first-order valence-electron chi connectivity index (χ1n) is 6.54. The first-order chi connectivity index (χ1) is 9.31. The molecule has 1 atom stereocenters. The first-order valence-corrected chi connectivity index (χ1v) is 6.92. The Bertz CT molecular complexity index is 394. The highest BCUT2D eigenvalue weighted by Crippen LogP contribution is 2.21. The third kappa shape index (κ3) is 6.59. The summed E-state index contributed by atoms with van der Waals surface area (Å²) in [6.07, 6.45) is -4.08. The molecule has 114 valence electrons. The summed E-state index contributed by atoms with van der Waals surface area (Å²) in [7, 11) is 0. The molecule has 2 nitrogen and oxygen atoms in total. The summed E-state index contributed by atoms with van der Waals surface area (Å²) in [6, 6.07) is 6.67. The summed E-state index contributed by atoms with van der Waals surface area (Å²) in [5.41, 5.74) is 0.665. The third-order valence-corrected chi connectivity index (χ3v) is 3.17. The Labute approximate surface area is 122 Å². The van der Waals surface area contributed by atoms with Gasteiger partial charge in [0.25, 0.3) is 0 Å². The van der Waals surface area contributed by atoms with Crippen molar-refractivity contribution in [3.63, 3.8) is 0 Å². The molecule has 0 bridgehead atoms. The fourth-order valence-electron chi connectivity index (χ4n) is 2.00. The van der Waals surface area contributed by atoms with Gasteiger partial charge in [0.1, 0.15) is 0 Å². The maximum absolute atomic E-state index is 12.4. The van der Waals surface area contributed by atoms with E-state index in [4.69, 9.17) is 11.6 Å². The monoisotopic (exact) mass is 309 g/mol. The number of aliphatic hydroxyl groups is 1. The van der Waals surface area contributed by atoms with Crippen molar-refractivity contribution < 1.29 is 18.3 Å². The van der Waals surface area contributed by atoms with Crippen LogP contribution in [-0.4, -0.2) is 35.8 Å². The van der Waals surface area contributed by atoms with Gasteiger partial charge in [-0.15, -0.1) is 0 Å². The summed E-state index contributed by atoms with van der Waals surface area (Å²) < 4.78 is 37.2. The lowest BCUT2D eigenvalue weighted by Gasteiger charge is -2.24. The van der Waals surface area contributed by atoms with Crippen molar-refractivity contribution in [2.75, 3.05) is 19.6 Å². The van der Waals surface area contributed by atoms with Crippen LogP contribution in [0.25, 0.3) is 0 Å². The van der Waals surface area contributed by atoms with Gasteiger partial charge in [0.2, 0.25) is 0 Å². The summed E-state index contributed by atoms with van der Waals surface area (Å²) in [4.78, 5) is 1.32. The van der Waals surface area contributed by atoms with E-state index in [-0.39, 0.29) is 13.0 Å². The molecule has 0 heterocycles. The van der Waals surface area contributed by atoms with Gasteiger partial charge < -0.3 is 5.11 Å². The molecule has 0 fully saturated rings. The summed E-state index contributed by atoms with van der Waals surface area (Å²) in [5.74, 6) is 0. The number of nitrogens with zero attached hydrogens (tertiary/aromatic N) is 1. The van der Waals surface area contributed by atoms with Crippen LogP contribution in [0.1, 0.15) is 31.4 Å². The fourth-order valence-corrected chi connectivity index (χ4v) is 2.12. The molecule has 0 aliphatic heterocycles. The minimum atomic E-state index is -4.21. The molecule has 1 unspecified atom stereocenters. The molecule has 6 heteroatoms. The molecule has 1 rings (SSSR count). The van der Waals surface area contributed by atoms with E-state index in [0.29, 0.717) is 23.6 Å². The van der Waals surface area contributed by atoms with Crippen molar-refractivity contribution in [3.05, 3.63) is 34.9 Å². The van der Waals surface area contributed by atoms with Gasteiger partial charge in [-0.3, -0.25) is 4.90 Å². The van der Waals surface area contributed by atoms with E-state index >= 15 is 0 Å². The van der Waals surface area contributed by atoms with Crippen molar-refractivity contribution in [2.45, 2.75) is 32.0 Å². The van der Waals surface area contributed by atoms with E-state index in [1.54, 1.807) is 24.3 Å². The maximum Gasteiger partial charge on any atom is 0.401 e. The van der Waals surface area contributed by atoms with Crippen molar-refractivity contribution in [1.29, 1.82) is 0 Å². The largest absolute Gasteiger partial charge is 0.401 e. The number of rotatable bonds is 7. The summed E-state index contributed by atoms with van der Waals surface area (Å²) in [6.45, 7) is 1.47. The van der Waals surface area contributed by atoms with Crippen LogP contribution in [0.4, 0.5) is 13.2 Å². The molecule has 0 saturated heterocycles. The molecule has 0 radical (unpaired) electrons. The van der Waals surface area contributed by atoms with Crippen LogP contribution in [0.15, 0.2) is 24.3 Å². The lowest BCUT2D eigenvalue weighted by atomic mass is 10.1. The lowest BCUT2D eigenvalue weighted by molar-refractivity contribution is -0.146. The smallest absolute Gasteiger partial charge is 0.388 e. The van der Waals surface area contributed by atoms with Crippen LogP contribution in [0, 0.1) is 0 Å². The maximum atomic E-state index is 12.4. The number of halogens is 4. The average molecular weight is 310 g/mol. The van der Waals surface area contributed by atoms with Gasteiger partial charge in [-0.05, 0) is 37.1 Å². The van der Waals surface area contributed by atoms with Crippen molar-refractivity contribution in [1.82, 2.24) is 4.90 Å². The third-order valence-electron chi connectivity index (χ3n) is 2.92. The zero-order chi connectivity index (χ0) is 15.2. The Kier molecular flexibility index (Phi) is 6.79. The molecule has 1 aromatic rings. The highest BCUT2D eigenvalue weighted by molar-refractivity contribution is 6.30. The molecule has 0 amide bonds. The van der Waals surface area contributed by atoms with E-state index in [1.165, 1.54) is 4.90 Å². The molecular weight excluding hydrogens is 291 g/mol.